The zero-order chi connectivity index (χ0) is 13.6. The topological polar surface area (TPSA) is 34.1 Å². The molecule has 0 N–H and O–H groups in total. The summed E-state index contributed by atoms with van der Waals surface area (Å²) in [6, 6.07) is 0. The third kappa shape index (κ3) is 2.00. The minimum Gasteiger partial charge on any atom is -0.300 e. The van der Waals surface area contributed by atoms with Crippen molar-refractivity contribution in [1.82, 2.24) is 0 Å². The van der Waals surface area contributed by atoms with E-state index in [-0.39, 0.29) is 5.78 Å². The van der Waals surface area contributed by atoms with Crippen LogP contribution in [0.15, 0.2) is 12.2 Å². The molecule has 2 nitrogen and oxygen atoms in total. The molecule has 5 atom stereocenters. The third-order valence-corrected chi connectivity index (χ3v) is 5.95. The van der Waals surface area contributed by atoms with Crippen LogP contribution in [0.5, 0.6) is 0 Å². The van der Waals surface area contributed by atoms with Crippen LogP contribution in [0, 0.1) is 29.1 Å². The van der Waals surface area contributed by atoms with Gasteiger partial charge in [-0.2, -0.15) is 0 Å². The highest BCUT2D eigenvalue weighted by atomic mass is 16.1. The van der Waals surface area contributed by atoms with E-state index in [9.17, 15) is 9.59 Å². The molecule has 3 rings (SSSR count). The van der Waals surface area contributed by atoms with Gasteiger partial charge in [-0.3, -0.25) is 9.59 Å². The number of Topliss-reactive ketones (excluding diaryl/α,β-unsaturated/α-hetero) is 1. The molecule has 104 valence electrons. The van der Waals surface area contributed by atoms with Crippen molar-refractivity contribution in [3.63, 3.8) is 0 Å². The fourth-order valence-corrected chi connectivity index (χ4v) is 5.05. The molecule has 0 aromatic heterocycles. The first-order valence-corrected chi connectivity index (χ1v) is 7.78. The molecule has 2 heteroatoms. The van der Waals surface area contributed by atoms with Crippen molar-refractivity contribution in [2.75, 3.05) is 0 Å². The number of allylic oxidation sites excluding steroid dienone is 2. The molecule has 0 aromatic rings. The Morgan fingerprint density at radius 1 is 1.16 bits per heavy atom. The first-order chi connectivity index (χ1) is 9.10. The van der Waals surface area contributed by atoms with Crippen LogP contribution in [0.25, 0.3) is 0 Å². The Hall–Kier alpha value is -0.920. The van der Waals surface area contributed by atoms with Crippen molar-refractivity contribution in [3.05, 3.63) is 12.2 Å². The van der Waals surface area contributed by atoms with Crippen molar-refractivity contribution in [2.45, 2.75) is 52.4 Å². The van der Waals surface area contributed by atoms with Gasteiger partial charge < -0.3 is 0 Å². The van der Waals surface area contributed by atoms with Crippen LogP contribution < -0.4 is 0 Å². The Bertz CT molecular complexity index is 437. The van der Waals surface area contributed by atoms with Gasteiger partial charge in [0.1, 0.15) is 5.78 Å². The maximum Gasteiger partial charge on any atom is 0.155 e. The molecule has 1 spiro atoms. The minimum atomic E-state index is 0.289. The molecular formula is C17H24O2. The maximum absolute atomic E-state index is 11.8. The molecule has 3 fully saturated rings. The average molecular weight is 260 g/mol. The third-order valence-electron chi connectivity index (χ3n) is 5.95. The van der Waals surface area contributed by atoms with Crippen molar-refractivity contribution in [3.8, 4) is 0 Å². The summed E-state index contributed by atoms with van der Waals surface area (Å²) < 4.78 is 0. The van der Waals surface area contributed by atoms with Gasteiger partial charge in [-0.25, -0.2) is 0 Å². The van der Waals surface area contributed by atoms with Crippen molar-refractivity contribution in [2.24, 2.45) is 29.1 Å². The molecule has 0 aliphatic heterocycles. The molecule has 0 radical (unpaired) electrons. The van der Waals surface area contributed by atoms with E-state index in [1.165, 1.54) is 19.3 Å². The summed E-state index contributed by atoms with van der Waals surface area (Å²) >= 11 is 0. The minimum absolute atomic E-state index is 0.289. The van der Waals surface area contributed by atoms with Crippen LogP contribution in [0.1, 0.15) is 52.4 Å². The molecule has 3 aliphatic rings. The van der Waals surface area contributed by atoms with Gasteiger partial charge >= 0.3 is 0 Å². The zero-order valence-corrected chi connectivity index (χ0v) is 12.0. The Balaban J connectivity index is 1.58. The zero-order valence-electron chi connectivity index (χ0n) is 12.0. The number of carbonyl (C=O) groups is 2. The fraction of sp³-hybridized carbons (Fsp3) is 0.765. The number of hydrogen-bond acceptors (Lipinski definition) is 2. The normalized spacial score (nSPS) is 42.6. The lowest BCUT2D eigenvalue weighted by Gasteiger charge is -2.43. The van der Waals surface area contributed by atoms with Crippen LogP contribution in [0.2, 0.25) is 0 Å². The monoisotopic (exact) mass is 260 g/mol. The molecule has 0 aromatic carbocycles. The highest BCUT2D eigenvalue weighted by molar-refractivity contribution is 5.89. The predicted molar refractivity (Wildman–Crippen MR) is 74.6 cm³/mol. The summed E-state index contributed by atoms with van der Waals surface area (Å²) in [7, 11) is 0. The Morgan fingerprint density at radius 2 is 1.95 bits per heavy atom. The molecule has 19 heavy (non-hydrogen) atoms. The summed E-state index contributed by atoms with van der Waals surface area (Å²) in [5.41, 5.74) is 0.583. The number of carbonyl (C=O) groups excluding carboxylic acids is 2. The molecule has 3 aliphatic carbocycles. The summed E-state index contributed by atoms with van der Waals surface area (Å²) in [5, 5.41) is 0. The van der Waals surface area contributed by atoms with Gasteiger partial charge in [-0.1, -0.05) is 13.0 Å². The van der Waals surface area contributed by atoms with Gasteiger partial charge in [0.15, 0.2) is 5.78 Å². The second-order valence-corrected chi connectivity index (χ2v) is 6.88. The summed E-state index contributed by atoms with van der Waals surface area (Å²) in [4.78, 5) is 23.4. The Morgan fingerprint density at radius 3 is 2.63 bits per heavy atom. The number of rotatable bonds is 6. The molecule has 0 amide bonds. The van der Waals surface area contributed by atoms with Gasteiger partial charge in [-0.15, -0.1) is 0 Å². The number of ketones is 2. The van der Waals surface area contributed by atoms with E-state index in [1.807, 2.05) is 19.9 Å². The first kappa shape index (κ1) is 13.1. The Kier molecular flexibility index (Phi) is 3.15. The SMILES string of the molecule is C/C=C/C(=O)CC1CC2C(CC(=O)CC)CC23CC13. The standard InChI is InChI=1S/C17H24O2/c1-3-5-14(19)6-11-8-15-12(7-13(18)4-2)9-17(15)10-16(11)17/h3,5,11-12,15-16H,4,6-10H2,1-2H3/b5-3+. The summed E-state index contributed by atoms with van der Waals surface area (Å²) in [5.74, 6) is 3.52. The second-order valence-electron chi connectivity index (χ2n) is 6.88. The molecule has 0 bridgehead atoms. The van der Waals surface area contributed by atoms with Gasteiger partial charge in [0.25, 0.3) is 0 Å². The lowest BCUT2D eigenvalue weighted by atomic mass is 9.61. The quantitative estimate of drug-likeness (QED) is 0.684. The second kappa shape index (κ2) is 4.57. The fourth-order valence-electron chi connectivity index (χ4n) is 5.05. The van der Waals surface area contributed by atoms with E-state index in [2.05, 4.69) is 0 Å². The summed E-state index contributed by atoms with van der Waals surface area (Å²) in [6.45, 7) is 3.87. The lowest BCUT2D eigenvalue weighted by molar-refractivity contribution is -0.122. The van der Waals surface area contributed by atoms with Gasteiger partial charge in [0.05, 0.1) is 0 Å². The average Bonchev–Trinajstić information content (AvgIpc) is 3.06. The van der Waals surface area contributed by atoms with Crippen molar-refractivity contribution >= 4 is 11.6 Å². The van der Waals surface area contributed by atoms with E-state index in [4.69, 9.17) is 0 Å². The van der Waals surface area contributed by atoms with Crippen molar-refractivity contribution < 1.29 is 9.59 Å². The van der Waals surface area contributed by atoms with Crippen LogP contribution >= 0.6 is 0 Å². The lowest BCUT2D eigenvalue weighted by Crippen LogP contribution is -2.37. The van der Waals surface area contributed by atoms with Crippen LogP contribution in [0.4, 0.5) is 0 Å². The molecule has 5 unspecified atom stereocenters. The predicted octanol–water partition coefficient (Wildman–Crippen LogP) is 3.55. The largest absolute Gasteiger partial charge is 0.300 e. The van der Waals surface area contributed by atoms with E-state index in [0.29, 0.717) is 29.5 Å². The van der Waals surface area contributed by atoms with Gasteiger partial charge in [-0.05, 0) is 61.3 Å². The van der Waals surface area contributed by atoms with E-state index in [0.717, 1.165) is 24.7 Å². The van der Waals surface area contributed by atoms with Gasteiger partial charge in [0.2, 0.25) is 0 Å². The van der Waals surface area contributed by atoms with Crippen molar-refractivity contribution in [1.29, 1.82) is 0 Å². The van der Waals surface area contributed by atoms with Crippen LogP contribution in [-0.2, 0) is 9.59 Å². The van der Waals surface area contributed by atoms with Gasteiger partial charge in [0, 0.05) is 19.3 Å². The maximum atomic E-state index is 11.8. The van der Waals surface area contributed by atoms with E-state index >= 15 is 0 Å². The smallest absolute Gasteiger partial charge is 0.155 e. The summed E-state index contributed by atoms with van der Waals surface area (Å²) in [6.07, 6.45) is 9.58. The molecule has 0 heterocycles. The highest BCUT2D eigenvalue weighted by Crippen LogP contribution is 2.80. The van der Waals surface area contributed by atoms with E-state index < -0.39 is 0 Å². The van der Waals surface area contributed by atoms with Crippen LogP contribution in [-0.4, -0.2) is 11.6 Å². The highest BCUT2D eigenvalue weighted by Gasteiger charge is 2.73. The van der Waals surface area contributed by atoms with Crippen LogP contribution in [0.3, 0.4) is 0 Å². The molecule has 3 saturated carbocycles. The Labute approximate surface area is 115 Å². The molecule has 0 saturated heterocycles. The molecular weight excluding hydrogens is 236 g/mol. The number of hydrogen-bond donors (Lipinski definition) is 0. The van der Waals surface area contributed by atoms with E-state index in [1.54, 1.807) is 6.08 Å². The first-order valence-electron chi connectivity index (χ1n) is 7.78.